The fourth-order valence-electron chi connectivity index (χ4n) is 3.65. The van der Waals surface area contributed by atoms with E-state index in [-0.39, 0.29) is 47.2 Å². The molecule has 1 aliphatic heterocycles. The van der Waals surface area contributed by atoms with Crippen molar-refractivity contribution < 1.29 is 27.5 Å². The number of likely N-dealkylation sites (tertiary alicyclic amines) is 1. The van der Waals surface area contributed by atoms with Crippen molar-refractivity contribution in [1.29, 1.82) is 0 Å². The van der Waals surface area contributed by atoms with Gasteiger partial charge in [-0.3, -0.25) is 14.5 Å². The molecule has 0 aromatic heterocycles. The summed E-state index contributed by atoms with van der Waals surface area (Å²) >= 11 is 0. The van der Waals surface area contributed by atoms with Crippen molar-refractivity contribution in [2.24, 2.45) is 0 Å². The Balaban J connectivity index is 2.11. The third-order valence-corrected chi connectivity index (χ3v) is 7.16. The molecular weight excluding hydrogens is 420 g/mol. The van der Waals surface area contributed by atoms with E-state index in [1.807, 2.05) is 0 Å². The van der Waals surface area contributed by atoms with Gasteiger partial charge in [-0.15, -0.1) is 0 Å². The van der Waals surface area contributed by atoms with Crippen molar-refractivity contribution in [2.45, 2.75) is 57.4 Å². The van der Waals surface area contributed by atoms with Crippen LogP contribution in [0.4, 0.5) is 0 Å². The van der Waals surface area contributed by atoms with Crippen molar-refractivity contribution in [3.05, 3.63) is 23.8 Å². The van der Waals surface area contributed by atoms with Crippen LogP contribution in [-0.4, -0.2) is 69.8 Å². The second-order valence-electron chi connectivity index (χ2n) is 7.45. The number of sulfone groups is 1. The van der Waals surface area contributed by atoms with E-state index in [9.17, 15) is 18.0 Å². The molecule has 1 amide bonds. The second-order valence-corrected chi connectivity index (χ2v) is 9.73. The first-order chi connectivity index (χ1) is 14.8. The number of nitrogens with zero attached hydrogens (tertiary/aromatic N) is 1. The van der Waals surface area contributed by atoms with Gasteiger partial charge in [0.05, 0.1) is 29.4 Å². The van der Waals surface area contributed by atoms with E-state index < -0.39 is 9.84 Å². The number of hydrogen-bond acceptors (Lipinski definition) is 7. The lowest BCUT2D eigenvalue weighted by molar-refractivity contribution is -0.143. The van der Waals surface area contributed by atoms with Gasteiger partial charge < -0.3 is 14.8 Å². The predicted molar refractivity (Wildman–Crippen MR) is 118 cm³/mol. The highest BCUT2D eigenvalue weighted by Gasteiger charge is 2.25. The SMILES string of the molecule is CCOC(=O)CCCOc1ccc(S(=O)(=O)CC)cc1C(=O)NCC1CCCN1CC. The van der Waals surface area contributed by atoms with Gasteiger partial charge in [-0.2, -0.15) is 0 Å². The van der Waals surface area contributed by atoms with Gasteiger partial charge in [-0.25, -0.2) is 8.42 Å². The monoisotopic (exact) mass is 454 g/mol. The van der Waals surface area contributed by atoms with Crippen LogP contribution in [0.2, 0.25) is 0 Å². The molecule has 1 atom stereocenters. The first kappa shape index (κ1) is 25.1. The van der Waals surface area contributed by atoms with E-state index in [0.717, 1.165) is 25.9 Å². The van der Waals surface area contributed by atoms with Crippen molar-refractivity contribution >= 4 is 21.7 Å². The van der Waals surface area contributed by atoms with E-state index in [1.54, 1.807) is 13.8 Å². The molecule has 2 rings (SSSR count). The largest absolute Gasteiger partial charge is 0.493 e. The first-order valence-electron chi connectivity index (χ1n) is 11.0. The Morgan fingerprint density at radius 2 is 2.00 bits per heavy atom. The van der Waals surface area contributed by atoms with E-state index in [1.165, 1.54) is 18.2 Å². The van der Waals surface area contributed by atoms with Gasteiger partial charge in [-0.05, 0) is 57.5 Å². The first-order valence-corrected chi connectivity index (χ1v) is 12.6. The minimum atomic E-state index is -3.46. The molecular formula is C22H34N2O6S. The fraction of sp³-hybridized carbons (Fsp3) is 0.636. The minimum absolute atomic E-state index is 0.0542. The second kappa shape index (κ2) is 12.0. The fourth-order valence-corrected chi connectivity index (χ4v) is 4.56. The Kier molecular flexibility index (Phi) is 9.77. The Bertz CT molecular complexity index is 856. The van der Waals surface area contributed by atoms with Gasteiger partial charge in [0.2, 0.25) is 0 Å². The molecule has 0 bridgehead atoms. The molecule has 1 aliphatic rings. The zero-order valence-corrected chi connectivity index (χ0v) is 19.5. The summed E-state index contributed by atoms with van der Waals surface area (Å²) in [5, 5.41) is 2.94. The summed E-state index contributed by atoms with van der Waals surface area (Å²) in [4.78, 5) is 26.8. The maximum absolute atomic E-state index is 12.9. The van der Waals surface area contributed by atoms with Crippen LogP contribution in [0.1, 0.15) is 56.8 Å². The summed E-state index contributed by atoms with van der Waals surface area (Å²) in [5.74, 6) is -0.418. The molecule has 0 spiro atoms. The molecule has 1 aromatic carbocycles. The summed E-state index contributed by atoms with van der Waals surface area (Å²) in [6.45, 7) is 8.40. The van der Waals surface area contributed by atoms with E-state index >= 15 is 0 Å². The molecule has 8 nitrogen and oxygen atoms in total. The van der Waals surface area contributed by atoms with Crippen molar-refractivity contribution in [1.82, 2.24) is 10.2 Å². The predicted octanol–water partition coefficient (Wildman–Crippen LogP) is 2.42. The number of carbonyl (C=O) groups excluding carboxylic acids is 2. The highest BCUT2D eigenvalue weighted by Crippen LogP contribution is 2.24. The summed E-state index contributed by atoms with van der Waals surface area (Å²) < 4.78 is 35.2. The average molecular weight is 455 g/mol. The smallest absolute Gasteiger partial charge is 0.305 e. The van der Waals surface area contributed by atoms with Gasteiger partial charge in [0, 0.05) is 19.0 Å². The van der Waals surface area contributed by atoms with Gasteiger partial charge in [0.15, 0.2) is 9.84 Å². The van der Waals surface area contributed by atoms with Gasteiger partial charge in [-0.1, -0.05) is 13.8 Å². The number of esters is 1. The Morgan fingerprint density at radius 3 is 2.68 bits per heavy atom. The quantitative estimate of drug-likeness (QED) is 0.382. The molecule has 174 valence electrons. The van der Waals surface area contributed by atoms with E-state index in [2.05, 4.69) is 17.1 Å². The molecule has 1 N–H and O–H groups in total. The maximum atomic E-state index is 12.9. The summed E-state index contributed by atoms with van der Waals surface area (Å²) in [7, 11) is -3.46. The molecule has 1 fully saturated rings. The number of hydrogen-bond donors (Lipinski definition) is 1. The van der Waals surface area contributed by atoms with Crippen LogP contribution in [0.3, 0.4) is 0 Å². The number of carbonyl (C=O) groups is 2. The van der Waals surface area contributed by atoms with Gasteiger partial charge >= 0.3 is 5.97 Å². The lowest BCUT2D eigenvalue weighted by Crippen LogP contribution is -2.40. The van der Waals surface area contributed by atoms with E-state index in [4.69, 9.17) is 9.47 Å². The Hall–Kier alpha value is -2.13. The number of ether oxygens (including phenoxy) is 2. The summed E-state index contributed by atoms with van der Waals surface area (Å²) in [5.41, 5.74) is 0.187. The van der Waals surface area contributed by atoms with Crippen LogP contribution >= 0.6 is 0 Å². The van der Waals surface area contributed by atoms with Crippen molar-refractivity contribution in [2.75, 3.05) is 38.6 Å². The molecule has 0 aliphatic carbocycles. The summed E-state index contributed by atoms with van der Waals surface area (Å²) in [6.07, 6.45) is 2.78. The van der Waals surface area contributed by atoms with Crippen LogP contribution in [0.5, 0.6) is 5.75 Å². The van der Waals surface area contributed by atoms with Gasteiger partial charge in [0.25, 0.3) is 5.91 Å². The lowest BCUT2D eigenvalue weighted by Gasteiger charge is -2.23. The highest BCUT2D eigenvalue weighted by atomic mass is 32.2. The van der Waals surface area contributed by atoms with Crippen molar-refractivity contribution in [3.8, 4) is 5.75 Å². The van der Waals surface area contributed by atoms with Crippen molar-refractivity contribution in [3.63, 3.8) is 0 Å². The number of amides is 1. The zero-order chi connectivity index (χ0) is 22.9. The molecule has 31 heavy (non-hydrogen) atoms. The number of benzene rings is 1. The molecule has 1 aromatic rings. The lowest BCUT2D eigenvalue weighted by atomic mass is 10.1. The van der Waals surface area contributed by atoms with Crippen LogP contribution in [0.15, 0.2) is 23.1 Å². The molecule has 1 saturated heterocycles. The third-order valence-electron chi connectivity index (χ3n) is 5.43. The van der Waals surface area contributed by atoms with Crippen LogP contribution in [0.25, 0.3) is 0 Å². The van der Waals surface area contributed by atoms with Crippen LogP contribution < -0.4 is 10.1 Å². The number of likely N-dealkylation sites (N-methyl/N-ethyl adjacent to an activating group) is 1. The molecule has 0 radical (unpaired) electrons. The topological polar surface area (TPSA) is 102 Å². The standard InChI is InChI=1S/C22H34N2O6S/c1-4-24-13-7-9-17(24)16-23-22(26)19-15-18(31(27,28)6-3)11-12-20(19)30-14-8-10-21(25)29-5-2/h11-12,15,17H,4-10,13-14,16H2,1-3H3,(H,23,26). The Morgan fingerprint density at radius 1 is 1.23 bits per heavy atom. The molecule has 9 heteroatoms. The van der Waals surface area contributed by atoms with Crippen LogP contribution in [-0.2, 0) is 19.4 Å². The number of rotatable bonds is 12. The van der Waals surface area contributed by atoms with E-state index in [0.29, 0.717) is 25.3 Å². The Labute approximate surface area is 185 Å². The maximum Gasteiger partial charge on any atom is 0.305 e. The molecule has 1 unspecified atom stereocenters. The third kappa shape index (κ3) is 7.21. The minimum Gasteiger partial charge on any atom is -0.493 e. The average Bonchev–Trinajstić information content (AvgIpc) is 3.22. The normalized spacial score (nSPS) is 16.8. The molecule has 1 heterocycles. The molecule has 0 saturated carbocycles. The summed E-state index contributed by atoms with van der Waals surface area (Å²) in [6, 6.07) is 4.62. The highest BCUT2D eigenvalue weighted by molar-refractivity contribution is 7.91. The number of nitrogens with one attached hydrogen (secondary N) is 1. The van der Waals surface area contributed by atoms with Crippen LogP contribution in [0, 0.1) is 0 Å². The zero-order valence-electron chi connectivity index (χ0n) is 18.7. The van der Waals surface area contributed by atoms with Gasteiger partial charge in [0.1, 0.15) is 5.75 Å².